The van der Waals surface area contributed by atoms with Crippen molar-refractivity contribution in [3.05, 3.63) is 97.5 Å². The largest absolute Gasteiger partial charge is 0.494 e. The summed E-state index contributed by atoms with van der Waals surface area (Å²) in [6.07, 6.45) is 2.11. The Hall–Kier alpha value is -3.26. The van der Waals surface area contributed by atoms with Crippen LogP contribution in [-0.2, 0) is 11.2 Å². The summed E-state index contributed by atoms with van der Waals surface area (Å²) in [5, 5.41) is 13.4. The quantitative estimate of drug-likeness (QED) is 0.275. The summed E-state index contributed by atoms with van der Waals surface area (Å²) in [7, 11) is 0. The first-order valence-corrected chi connectivity index (χ1v) is 11.7. The van der Waals surface area contributed by atoms with Gasteiger partial charge in [-0.05, 0) is 74.7 Å². The zero-order valence-corrected chi connectivity index (χ0v) is 21.1. The molecule has 4 nitrogen and oxygen atoms in total. The first kappa shape index (κ1) is 25.4. The van der Waals surface area contributed by atoms with Crippen LogP contribution in [0.15, 0.2) is 54.1 Å². The molecule has 174 valence electrons. The number of carbonyl (C=O) groups is 1. The maximum absolute atomic E-state index is 12.7. The van der Waals surface area contributed by atoms with Gasteiger partial charge in [-0.1, -0.05) is 58.6 Å². The van der Waals surface area contributed by atoms with Crippen molar-refractivity contribution in [1.29, 1.82) is 5.26 Å². The molecule has 1 N–H and O–H groups in total. The number of benzene rings is 3. The molecule has 6 heteroatoms. The van der Waals surface area contributed by atoms with E-state index in [0.29, 0.717) is 40.1 Å². The van der Waals surface area contributed by atoms with E-state index in [0.717, 1.165) is 16.7 Å². The van der Waals surface area contributed by atoms with E-state index in [1.54, 1.807) is 30.3 Å². The molecule has 0 heterocycles. The van der Waals surface area contributed by atoms with Crippen LogP contribution < -0.4 is 10.1 Å². The number of rotatable bonds is 7. The number of ether oxygens (including phenoxy) is 1. The molecule has 0 radical (unpaired) electrons. The molecule has 1 amide bonds. The van der Waals surface area contributed by atoms with Gasteiger partial charge < -0.3 is 10.1 Å². The van der Waals surface area contributed by atoms with E-state index < -0.39 is 5.91 Å². The van der Waals surface area contributed by atoms with Gasteiger partial charge in [0, 0.05) is 27.7 Å². The van der Waals surface area contributed by atoms with Crippen molar-refractivity contribution in [3.8, 4) is 11.8 Å². The van der Waals surface area contributed by atoms with Crippen LogP contribution in [-0.4, -0.2) is 12.5 Å². The number of carbonyl (C=O) groups excluding carboxylic acids is 1. The maximum Gasteiger partial charge on any atom is 0.266 e. The molecule has 0 aromatic heterocycles. The minimum atomic E-state index is -0.532. The van der Waals surface area contributed by atoms with Gasteiger partial charge in [0.05, 0.1) is 6.61 Å². The summed E-state index contributed by atoms with van der Waals surface area (Å²) >= 11 is 12.8. The van der Waals surface area contributed by atoms with Crippen LogP contribution in [0, 0.1) is 32.1 Å². The fourth-order valence-electron chi connectivity index (χ4n) is 3.73. The molecular weight excluding hydrogens is 467 g/mol. The minimum absolute atomic E-state index is 0.0581. The molecule has 0 aliphatic carbocycles. The third-order valence-electron chi connectivity index (χ3n) is 5.24. The molecule has 3 aromatic rings. The van der Waals surface area contributed by atoms with E-state index in [4.69, 9.17) is 27.9 Å². The average Bonchev–Trinajstić information content (AvgIpc) is 2.76. The molecule has 0 unspecified atom stereocenters. The molecule has 34 heavy (non-hydrogen) atoms. The van der Waals surface area contributed by atoms with Crippen molar-refractivity contribution < 1.29 is 9.53 Å². The highest BCUT2D eigenvalue weighted by molar-refractivity contribution is 6.32. The van der Waals surface area contributed by atoms with Gasteiger partial charge in [-0.2, -0.15) is 5.26 Å². The number of anilines is 1. The first-order chi connectivity index (χ1) is 16.2. The number of nitriles is 1. The van der Waals surface area contributed by atoms with E-state index in [1.165, 1.54) is 17.2 Å². The number of hydrogen-bond donors (Lipinski definition) is 1. The second kappa shape index (κ2) is 11.2. The predicted octanol–water partition coefficient (Wildman–Crippen LogP) is 7.45. The number of nitrogens with one attached hydrogen (secondary N) is 1. The van der Waals surface area contributed by atoms with Gasteiger partial charge in [0.25, 0.3) is 5.91 Å². The lowest BCUT2D eigenvalue weighted by atomic mass is 9.98. The second-order valence-electron chi connectivity index (χ2n) is 8.17. The predicted molar refractivity (Wildman–Crippen MR) is 140 cm³/mol. The molecule has 0 aliphatic heterocycles. The lowest BCUT2D eigenvalue weighted by Crippen LogP contribution is -2.13. The lowest BCUT2D eigenvalue weighted by Gasteiger charge is -2.14. The maximum atomic E-state index is 12.7. The van der Waals surface area contributed by atoms with Gasteiger partial charge in [0.2, 0.25) is 0 Å². The van der Waals surface area contributed by atoms with Crippen molar-refractivity contribution in [1.82, 2.24) is 0 Å². The van der Waals surface area contributed by atoms with Crippen LogP contribution in [0.2, 0.25) is 10.0 Å². The minimum Gasteiger partial charge on any atom is -0.494 e. The number of nitrogens with zero attached hydrogens (tertiary/aromatic N) is 1. The Morgan fingerprint density at radius 2 is 1.74 bits per heavy atom. The number of amides is 1. The Balaban J connectivity index is 1.92. The fourth-order valence-corrected chi connectivity index (χ4v) is 4.20. The Bertz CT molecular complexity index is 1290. The molecule has 0 spiro atoms. The lowest BCUT2D eigenvalue weighted by molar-refractivity contribution is -0.112. The molecule has 0 bridgehead atoms. The van der Waals surface area contributed by atoms with Gasteiger partial charge in [-0.15, -0.1) is 0 Å². The SMILES string of the molecule is CCOc1cc(/C=C(\C#N)C(=O)Nc2ccc(C)c(Cl)c2)cc(Cl)c1Cc1cc(C)cc(C)c1. The van der Waals surface area contributed by atoms with E-state index in [-0.39, 0.29) is 5.57 Å². The van der Waals surface area contributed by atoms with Crippen LogP contribution in [0.3, 0.4) is 0 Å². The molecule has 3 rings (SSSR count). The molecular formula is C28H26Cl2N2O2. The summed E-state index contributed by atoms with van der Waals surface area (Å²) in [6, 6.07) is 17.1. The van der Waals surface area contributed by atoms with Gasteiger partial charge in [-0.25, -0.2) is 0 Å². The molecule has 0 aliphatic rings. The van der Waals surface area contributed by atoms with Crippen LogP contribution in [0.1, 0.15) is 40.3 Å². The molecule has 0 saturated heterocycles. The summed E-state index contributed by atoms with van der Waals surface area (Å²) in [5.41, 5.74) is 6.32. The summed E-state index contributed by atoms with van der Waals surface area (Å²) in [6.45, 7) is 8.36. The van der Waals surface area contributed by atoms with E-state index in [1.807, 2.05) is 19.9 Å². The van der Waals surface area contributed by atoms with Crippen molar-refractivity contribution >= 4 is 40.9 Å². The molecule has 3 aromatic carbocycles. The Morgan fingerprint density at radius 3 is 2.35 bits per heavy atom. The van der Waals surface area contributed by atoms with Crippen LogP contribution in [0.25, 0.3) is 6.08 Å². The Kier molecular flexibility index (Phi) is 8.39. The molecule has 0 atom stereocenters. The van der Waals surface area contributed by atoms with Crippen LogP contribution in [0.4, 0.5) is 5.69 Å². The standard InChI is InChI=1S/C28H26Cl2N2O2/c1-5-34-27-14-21(13-26(30)24(27)12-20-9-17(2)8-18(3)10-20)11-22(16-31)28(33)32-23-7-6-19(4)25(29)15-23/h6-11,13-15H,5,12H2,1-4H3,(H,32,33)/b22-11+. The van der Waals surface area contributed by atoms with Gasteiger partial charge >= 0.3 is 0 Å². The highest BCUT2D eigenvalue weighted by atomic mass is 35.5. The third-order valence-corrected chi connectivity index (χ3v) is 5.99. The smallest absolute Gasteiger partial charge is 0.266 e. The van der Waals surface area contributed by atoms with Crippen molar-refractivity contribution in [2.45, 2.75) is 34.1 Å². The number of halogens is 2. The van der Waals surface area contributed by atoms with Gasteiger partial charge in [0.15, 0.2) is 0 Å². The Labute approximate surface area is 210 Å². The zero-order chi connectivity index (χ0) is 24.8. The topological polar surface area (TPSA) is 62.1 Å². The van der Waals surface area contributed by atoms with Gasteiger partial charge in [0.1, 0.15) is 17.4 Å². The van der Waals surface area contributed by atoms with Crippen LogP contribution >= 0.6 is 23.2 Å². The van der Waals surface area contributed by atoms with E-state index in [9.17, 15) is 10.1 Å². The van der Waals surface area contributed by atoms with E-state index >= 15 is 0 Å². The first-order valence-electron chi connectivity index (χ1n) is 10.9. The fraction of sp³-hybridized carbons (Fsp3) is 0.214. The van der Waals surface area contributed by atoms with Gasteiger partial charge in [-0.3, -0.25) is 4.79 Å². The van der Waals surface area contributed by atoms with E-state index in [2.05, 4.69) is 37.4 Å². The van der Waals surface area contributed by atoms with Crippen molar-refractivity contribution in [3.63, 3.8) is 0 Å². The second-order valence-corrected chi connectivity index (χ2v) is 8.99. The van der Waals surface area contributed by atoms with Crippen molar-refractivity contribution in [2.24, 2.45) is 0 Å². The monoisotopic (exact) mass is 492 g/mol. The third kappa shape index (κ3) is 6.41. The highest BCUT2D eigenvalue weighted by Gasteiger charge is 2.15. The average molecular weight is 493 g/mol. The Morgan fingerprint density at radius 1 is 1.03 bits per heavy atom. The number of aryl methyl sites for hydroxylation is 3. The highest BCUT2D eigenvalue weighted by Crippen LogP contribution is 2.32. The van der Waals surface area contributed by atoms with Crippen LogP contribution in [0.5, 0.6) is 5.75 Å². The summed E-state index contributed by atoms with van der Waals surface area (Å²) in [4.78, 5) is 12.7. The van der Waals surface area contributed by atoms with Crippen molar-refractivity contribution in [2.75, 3.05) is 11.9 Å². The summed E-state index contributed by atoms with van der Waals surface area (Å²) in [5.74, 6) is 0.0965. The molecule has 0 saturated carbocycles. The molecule has 0 fully saturated rings. The summed E-state index contributed by atoms with van der Waals surface area (Å²) < 4.78 is 5.88. The zero-order valence-electron chi connectivity index (χ0n) is 19.6. The normalized spacial score (nSPS) is 11.1. The number of hydrogen-bond acceptors (Lipinski definition) is 3.